The van der Waals surface area contributed by atoms with Crippen molar-refractivity contribution in [3.8, 4) is 6.19 Å². The molecule has 0 aromatic carbocycles. The minimum Gasteiger partial charge on any atom is -0.390 e. The number of nitrogens with zero attached hydrogens (tertiary/aromatic N) is 2. The molecule has 0 saturated heterocycles. The van der Waals surface area contributed by atoms with Crippen LogP contribution in [-0.4, -0.2) is 28.7 Å². The number of nitriles is 1. The second-order valence-electron chi connectivity index (χ2n) is 6.34. The van der Waals surface area contributed by atoms with Gasteiger partial charge in [0, 0.05) is 13.1 Å². The molecule has 2 atom stereocenters. The maximum atomic E-state index is 9.88. The molecular formula is C14H24N2O. The largest absolute Gasteiger partial charge is 0.390 e. The average molecular weight is 236 g/mol. The molecule has 0 bridgehead atoms. The molecule has 1 fully saturated rings. The van der Waals surface area contributed by atoms with Crippen LogP contribution in [-0.2, 0) is 0 Å². The normalized spacial score (nSPS) is 26.1. The summed E-state index contributed by atoms with van der Waals surface area (Å²) in [6.07, 6.45) is 4.75. The SMILES string of the molecule is C=CCN(C#N)CC1C(CC(C)(C)O)C1(C)C. The first-order valence-electron chi connectivity index (χ1n) is 6.20. The minimum atomic E-state index is -0.618. The molecule has 0 radical (unpaired) electrons. The van der Waals surface area contributed by atoms with Gasteiger partial charge in [0.05, 0.1) is 5.60 Å². The fourth-order valence-electron chi connectivity index (χ4n) is 2.71. The fourth-order valence-corrected chi connectivity index (χ4v) is 2.71. The smallest absolute Gasteiger partial charge is 0.179 e. The van der Waals surface area contributed by atoms with Gasteiger partial charge in [-0.15, -0.1) is 6.58 Å². The Kier molecular flexibility index (Phi) is 3.88. The van der Waals surface area contributed by atoms with E-state index in [2.05, 4.69) is 26.6 Å². The van der Waals surface area contributed by atoms with Crippen LogP contribution in [0.15, 0.2) is 12.7 Å². The van der Waals surface area contributed by atoms with Gasteiger partial charge in [-0.2, -0.15) is 5.26 Å². The Hall–Kier alpha value is -1.01. The van der Waals surface area contributed by atoms with Gasteiger partial charge in [-0.3, -0.25) is 0 Å². The van der Waals surface area contributed by atoms with Crippen molar-refractivity contribution in [2.24, 2.45) is 17.3 Å². The molecule has 3 nitrogen and oxygen atoms in total. The van der Waals surface area contributed by atoms with E-state index in [-0.39, 0.29) is 5.41 Å². The molecule has 17 heavy (non-hydrogen) atoms. The Balaban J connectivity index is 2.56. The Morgan fingerprint density at radius 1 is 1.47 bits per heavy atom. The standard InChI is InChI=1S/C14H24N2O/c1-6-7-16(10-15)9-12-11(14(12,4)5)8-13(2,3)17/h6,11-12,17H,1,7-9H2,2-5H3. The summed E-state index contributed by atoms with van der Waals surface area (Å²) in [5, 5.41) is 18.9. The van der Waals surface area contributed by atoms with Crippen molar-refractivity contribution in [2.75, 3.05) is 13.1 Å². The van der Waals surface area contributed by atoms with Crippen molar-refractivity contribution in [3.63, 3.8) is 0 Å². The van der Waals surface area contributed by atoms with Crippen LogP contribution < -0.4 is 0 Å². The zero-order valence-electron chi connectivity index (χ0n) is 11.4. The van der Waals surface area contributed by atoms with E-state index in [0.717, 1.165) is 13.0 Å². The predicted octanol–water partition coefficient (Wildman–Crippen LogP) is 2.39. The lowest BCUT2D eigenvalue weighted by molar-refractivity contribution is 0.0600. The van der Waals surface area contributed by atoms with Crippen molar-refractivity contribution < 1.29 is 5.11 Å². The first-order valence-corrected chi connectivity index (χ1v) is 6.20. The second-order valence-corrected chi connectivity index (χ2v) is 6.34. The summed E-state index contributed by atoms with van der Waals surface area (Å²) in [5.74, 6) is 0.997. The molecule has 1 N–H and O–H groups in total. The van der Waals surface area contributed by atoms with E-state index in [9.17, 15) is 5.11 Å². The molecule has 1 aliphatic carbocycles. The van der Waals surface area contributed by atoms with Crippen LogP contribution in [0.5, 0.6) is 0 Å². The first kappa shape index (κ1) is 14.1. The molecule has 0 aliphatic heterocycles. The van der Waals surface area contributed by atoms with Crippen LogP contribution in [0, 0.1) is 28.7 Å². The van der Waals surface area contributed by atoms with Crippen molar-refractivity contribution in [1.82, 2.24) is 4.90 Å². The molecule has 1 rings (SSSR count). The molecule has 0 heterocycles. The summed E-state index contributed by atoms with van der Waals surface area (Å²) in [6, 6.07) is 0. The van der Waals surface area contributed by atoms with E-state index < -0.39 is 5.60 Å². The van der Waals surface area contributed by atoms with Crippen molar-refractivity contribution >= 4 is 0 Å². The molecule has 2 unspecified atom stereocenters. The van der Waals surface area contributed by atoms with E-state index in [4.69, 9.17) is 5.26 Å². The topological polar surface area (TPSA) is 47.3 Å². The Morgan fingerprint density at radius 2 is 2.06 bits per heavy atom. The van der Waals surface area contributed by atoms with E-state index in [1.165, 1.54) is 0 Å². The van der Waals surface area contributed by atoms with Gasteiger partial charge >= 0.3 is 0 Å². The molecule has 0 aromatic heterocycles. The summed E-state index contributed by atoms with van der Waals surface area (Å²) in [7, 11) is 0. The average Bonchev–Trinajstić information content (AvgIpc) is 2.66. The lowest BCUT2D eigenvalue weighted by atomic mass is 9.97. The van der Waals surface area contributed by atoms with Gasteiger partial charge < -0.3 is 10.0 Å². The van der Waals surface area contributed by atoms with Crippen LogP contribution >= 0.6 is 0 Å². The van der Waals surface area contributed by atoms with Crippen LogP contribution in [0.25, 0.3) is 0 Å². The third-order valence-corrected chi connectivity index (χ3v) is 3.92. The molecule has 0 aromatic rings. The summed E-state index contributed by atoms with van der Waals surface area (Å²) in [4.78, 5) is 1.74. The molecule has 1 saturated carbocycles. The first-order chi connectivity index (χ1) is 7.72. The summed E-state index contributed by atoms with van der Waals surface area (Å²) < 4.78 is 0. The van der Waals surface area contributed by atoms with Crippen LogP contribution in [0.4, 0.5) is 0 Å². The van der Waals surface area contributed by atoms with Crippen LogP contribution in [0.3, 0.4) is 0 Å². The van der Waals surface area contributed by atoms with Crippen LogP contribution in [0.1, 0.15) is 34.1 Å². The van der Waals surface area contributed by atoms with E-state index in [1.807, 2.05) is 13.8 Å². The second kappa shape index (κ2) is 4.70. The van der Waals surface area contributed by atoms with Gasteiger partial charge in [0.25, 0.3) is 0 Å². The zero-order valence-corrected chi connectivity index (χ0v) is 11.4. The van der Waals surface area contributed by atoms with Gasteiger partial charge in [0.2, 0.25) is 0 Å². The van der Waals surface area contributed by atoms with Crippen molar-refractivity contribution in [3.05, 3.63) is 12.7 Å². The molecule has 3 heteroatoms. The third kappa shape index (κ3) is 3.47. The summed E-state index contributed by atoms with van der Waals surface area (Å²) in [5.41, 5.74) is -0.386. The Bertz CT molecular complexity index is 322. The zero-order chi connectivity index (χ0) is 13.3. The summed E-state index contributed by atoms with van der Waals surface area (Å²) in [6.45, 7) is 13.2. The van der Waals surface area contributed by atoms with Crippen molar-refractivity contribution in [1.29, 1.82) is 5.26 Å². The lowest BCUT2D eigenvalue weighted by Crippen LogP contribution is -2.23. The molecule has 0 amide bonds. The van der Waals surface area contributed by atoms with E-state index in [0.29, 0.717) is 18.4 Å². The quantitative estimate of drug-likeness (QED) is 0.437. The van der Waals surface area contributed by atoms with Gasteiger partial charge in [-0.25, -0.2) is 0 Å². The molecule has 96 valence electrons. The maximum absolute atomic E-state index is 9.88. The lowest BCUT2D eigenvalue weighted by Gasteiger charge is -2.18. The van der Waals surface area contributed by atoms with Gasteiger partial charge in [-0.05, 0) is 37.5 Å². The highest BCUT2D eigenvalue weighted by Gasteiger charge is 2.58. The Labute approximate surface area is 105 Å². The fraction of sp³-hybridized carbons (Fsp3) is 0.786. The number of rotatable bonds is 6. The summed E-state index contributed by atoms with van der Waals surface area (Å²) >= 11 is 0. The Morgan fingerprint density at radius 3 is 2.47 bits per heavy atom. The highest BCUT2D eigenvalue weighted by atomic mass is 16.3. The number of hydrogen-bond donors (Lipinski definition) is 1. The molecular weight excluding hydrogens is 212 g/mol. The predicted molar refractivity (Wildman–Crippen MR) is 69.1 cm³/mol. The van der Waals surface area contributed by atoms with E-state index >= 15 is 0 Å². The molecule has 1 aliphatic rings. The highest BCUT2D eigenvalue weighted by molar-refractivity contribution is 5.08. The third-order valence-electron chi connectivity index (χ3n) is 3.92. The van der Waals surface area contributed by atoms with Crippen LogP contribution in [0.2, 0.25) is 0 Å². The van der Waals surface area contributed by atoms with E-state index in [1.54, 1.807) is 11.0 Å². The monoisotopic (exact) mass is 236 g/mol. The van der Waals surface area contributed by atoms with Gasteiger partial charge in [0.1, 0.15) is 0 Å². The highest BCUT2D eigenvalue weighted by Crippen LogP contribution is 2.61. The van der Waals surface area contributed by atoms with Gasteiger partial charge in [-0.1, -0.05) is 19.9 Å². The van der Waals surface area contributed by atoms with Crippen molar-refractivity contribution in [2.45, 2.75) is 39.7 Å². The number of aliphatic hydroxyl groups is 1. The minimum absolute atomic E-state index is 0.232. The number of hydrogen-bond acceptors (Lipinski definition) is 3. The maximum Gasteiger partial charge on any atom is 0.179 e. The van der Waals surface area contributed by atoms with Gasteiger partial charge in [0.15, 0.2) is 6.19 Å². The molecule has 0 spiro atoms.